The van der Waals surface area contributed by atoms with Crippen LogP contribution in [-0.4, -0.2) is 119 Å². The van der Waals surface area contributed by atoms with Crippen LogP contribution < -0.4 is 61.0 Å². The highest BCUT2D eigenvalue weighted by molar-refractivity contribution is 7.81. The zero-order chi connectivity index (χ0) is 41.7. The number of carboxylic acid groups (broad SMARTS) is 1. The van der Waals surface area contributed by atoms with Gasteiger partial charge in [-0.15, -0.1) is 0 Å². The third-order valence-corrected chi connectivity index (χ3v) is 8.57. The Kier molecular flexibility index (Phi) is 21.7. The Bertz CT molecular complexity index is 1440. The van der Waals surface area contributed by atoms with Crippen LogP contribution >= 0.6 is 12.6 Å². The number of unbranched alkanes of at least 4 members (excludes halogenated alkanes) is 1. The molecule has 0 unspecified atom stereocenters. The zero-order valence-electron chi connectivity index (χ0n) is 31.5. The highest BCUT2D eigenvalue weighted by atomic mass is 32.1. The maximum Gasteiger partial charge on any atom is 0.326 e. The number of hydrogen-bond acceptors (Lipinski definition) is 13. The van der Waals surface area contributed by atoms with E-state index in [1.165, 1.54) is 24.3 Å². The minimum absolute atomic E-state index is 0.0238. The van der Waals surface area contributed by atoms with Gasteiger partial charge in [-0.2, -0.15) is 12.6 Å². The Balaban J connectivity index is 3.28. The van der Waals surface area contributed by atoms with E-state index in [2.05, 4.69) is 44.2 Å². The standard InChI is InChI=1S/C34H60N12O8S/c1-34(2,55)26(46-30(51)22(6-3-4-14-35)42-27(48)21(38)12-15-36)31(52)44-24(13-16-37)29(50)43-23(7-5-17-41-33(39)40)28(49)45-25(32(53)54)18-19-8-10-20(47)11-9-19/h8-11,21-26,47,55H,3-7,12-18,35-38H2,1-2H3,(H,42,48)(H,43,50)(H,44,52)(H,45,49)(H,46,51)(H,53,54)(H4,39,40,41)/t21-,22-,23-,24-,25-,26+/m0/s1. The second kappa shape index (κ2) is 24.7. The van der Waals surface area contributed by atoms with Gasteiger partial charge in [0.25, 0.3) is 0 Å². The molecule has 20 nitrogen and oxygen atoms in total. The van der Waals surface area contributed by atoms with E-state index in [-0.39, 0.29) is 69.9 Å². The molecule has 310 valence electrons. The van der Waals surface area contributed by atoms with Gasteiger partial charge in [-0.25, -0.2) is 4.79 Å². The van der Waals surface area contributed by atoms with Crippen molar-refractivity contribution in [1.29, 1.82) is 0 Å². The molecule has 0 radical (unpaired) electrons. The Morgan fingerprint density at radius 2 is 1.18 bits per heavy atom. The van der Waals surface area contributed by atoms with Crippen LogP contribution in [0, 0.1) is 0 Å². The summed E-state index contributed by atoms with van der Waals surface area (Å²) in [5, 5.41) is 32.3. The van der Waals surface area contributed by atoms with Gasteiger partial charge in [-0.3, -0.25) is 29.0 Å². The smallest absolute Gasteiger partial charge is 0.326 e. The number of thiol groups is 1. The van der Waals surface area contributed by atoms with Crippen molar-refractivity contribution in [3.63, 3.8) is 0 Å². The van der Waals surface area contributed by atoms with Crippen molar-refractivity contribution in [2.75, 3.05) is 26.2 Å². The Morgan fingerprint density at radius 1 is 0.691 bits per heavy atom. The number of amides is 5. The van der Waals surface area contributed by atoms with Gasteiger partial charge in [-0.05, 0) is 96.1 Å². The fraction of sp³-hybridized carbons (Fsp3) is 0.618. The van der Waals surface area contributed by atoms with Crippen LogP contribution in [0.25, 0.3) is 0 Å². The van der Waals surface area contributed by atoms with Gasteiger partial charge in [0, 0.05) is 17.7 Å². The zero-order valence-corrected chi connectivity index (χ0v) is 32.4. The molecule has 0 saturated carbocycles. The van der Waals surface area contributed by atoms with Crippen molar-refractivity contribution in [2.24, 2.45) is 39.4 Å². The largest absolute Gasteiger partial charge is 0.508 e. The first-order valence-corrected chi connectivity index (χ1v) is 18.4. The quantitative estimate of drug-likeness (QED) is 0.0186. The van der Waals surface area contributed by atoms with Crippen LogP contribution in [-0.2, 0) is 35.2 Å². The van der Waals surface area contributed by atoms with E-state index in [1.807, 2.05) is 0 Å². The molecule has 0 fully saturated rings. The summed E-state index contributed by atoms with van der Waals surface area (Å²) in [6.07, 6.45) is 1.35. The number of nitrogens with two attached hydrogens (primary N) is 6. The van der Waals surface area contributed by atoms with Gasteiger partial charge in [0.15, 0.2) is 5.96 Å². The number of carbonyl (C=O) groups is 6. The van der Waals surface area contributed by atoms with Gasteiger partial charge in [0.05, 0.1) is 6.04 Å². The van der Waals surface area contributed by atoms with Crippen LogP contribution in [0.5, 0.6) is 5.75 Å². The SMILES string of the molecule is CC(C)(S)[C@H](NC(=O)[C@H](CCCCN)NC(=O)[C@@H](N)CCN)C(=O)N[C@@H](CCN)C(=O)N[C@@H](CCCN=C(N)N)C(=O)N[C@@H](Cc1ccc(O)cc1)C(=O)O. The maximum atomic E-state index is 13.8. The minimum atomic E-state index is -1.41. The summed E-state index contributed by atoms with van der Waals surface area (Å²) >= 11 is 4.53. The number of nitrogens with zero attached hydrogens (tertiary/aromatic N) is 1. The number of aliphatic imine (C=N–C) groups is 1. The molecule has 19 N–H and O–H groups in total. The molecule has 0 heterocycles. The second-order valence-electron chi connectivity index (χ2n) is 13.5. The molecule has 0 aliphatic carbocycles. The Hall–Kier alpha value is -4.70. The van der Waals surface area contributed by atoms with Crippen molar-refractivity contribution in [3.8, 4) is 5.75 Å². The van der Waals surface area contributed by atoms with Gasteiger partial charge in [-0.1, -0.05) is 12.1 Å². The van der Waals surface area contributed by atoms with Crippen molar-refractivity contribution in [3.05, 3.63) is 29.8 Å². The number of guanidine groups is 1. The summed E-state index contributed by atoms with van der Waals surface area (Å²) in [5.41, 5.74) is 34.1. The van der Waals surface area contributed by atoms with E-state index in [9.17, 15) is 39.0 Å². The first-order valence-electron chi connectivity index (χ1n) is 18.0. The highest BCUT2D eigenvalue weighted by Crippen LogP contribution is 2.19. The topological polar surface area (TPSA) is 372 Å². The normalized spacial score (nSPS) is 14.5. The van der Waals surface area contributed by atoms with E-state index in [1.54, 1.807) is 13.8 Å². The summed E-state index contributed by atoms with van der Waals surface area (Å²) in [4.78, 5) is 83.2. The third-order valence-electron chi connectivity index (χ3n) is 8.31. The van der Waals surface area contributed by atoms with Crippen LogP contribution in [0.15, 0.2) is 29.3 Å². The number of phenolic OH excluding ortho intramolecular Hbond substituents is 1. The molecule has 0 saturated heterocycles. The van der Waals surface area contributed by atoms with Crippen molar-refractivity contribution < 1.29 is 39.0 Å². The van der Waals surface area contributed by atoms with Crippen LogP contribution in [0.2, 0.25) is 0 Å². The lowest BCUT2D eigenvalue weighted by Crippen LogP contribution is -2.63. The molecule has 1 aromatic rings. The van der Waals surface area contributed by atoms with Gasteiger partial charge in [0.2, 0.25) is 29.5 Å². The average Bonchev–Trinajstić information content (AvgIpc) is 3.10. The predicted octanol–water partition coefficient (Wildman–Crippen LogP) is -3.64. The number of carboxylic acids is 1. The molecule has 1 aromatic carbocycles. The maximum absolute atomic E-state index is 13.8. The minimum Gasteiger partial charge on any atom is -0.508 e. The summed E-state index contributed by atoms with van der Waals surface area (Å²) in [7, 11) is 0. The lowest BCUT2D eigenvalue weighted by molar-refractivity contribution is -0.142. The number of aliphatic carboxylic acids is 1. The molecular formula is C34H60N12O8S. The van der Waals surface area contributed by atoms with Crippen LogP contribution in [0.1, 0.15) is 64.4 Å². The summed E-state index contributed by atoms with van der Waals surface area (Å²) < 4.78 is -1.21. The summed E-state index contributed by atoms with van der Waals surface area (Å²) in [6, 6.07) is -1.66. The van der Waals surface area contributed by atoms with Crippen LogP contribution in [0.3, 0.4) is 0 Å². The number of nitrogens with one attached hydrogen (secondary N) is 5. The fourth-order valence-electron chi connectivity index (χ4n) is 5.23. The van der Waals surface area contributed by atoms with E-state index >= 15 is 0 Å². The van der Waals surface area contributed by atoms with Crippen molar-refractivity contribution in [2.45, 2.75) is 106 Å². The molecule has 6 atom stereocenters. The lowest BCUT2D eigenvalue weighted by Gasteiger charge is -2.33. The molecule has 0 spiro atoms. The number of carbonyl (C=O) groups excluding carboxylic acids is 5. The van der Waals surface area contributed by atoms with E-state index in [4.69, 9.17) is 34.4 Å². The first kappa shape index (κ1) is 48.3. The number of aromatic hydroxyl groups is 1. The van der Waals surface area contributed by atoms with Gasteiger partial charge < -0.3 is 71.2 Å². The molecule has 55 heavy (non-hydrogen) atoms. The highest BCUT2D eigenvalue weighted by Gasteiger charge is 2.38. The molecule has 0 bridgehead atoms. The molecule has 0 aliphatic heterocycles. The molecule has 1 rings (SSSR count). The predicted molar refractivity (Wildman–Crippen MR) is 210 cm³/mol. The Labute approximate surface area is 326 Å². The fourth-order valence-corrected chi connectivity index (χ4v) is 5.41. The second-order valence-corrected chi connectivity index (χ2v) is 14.7. The van der Waals surface area contributed by atoms with Gasteiger partial charge >= 0.3 is 5.97 Å². The molecule has 21 heteroatoms. The number of rotatable bonds is 26. The van der Waals surface area contributed by atoms with Crippen LogP contribution in [0.4, 0.5) is 0 Å². The monoisotopic (exact) mass is 796 g/mol. The Morgan fingerprint density at radius 3 is 1.69 bits per heavy atom. The van der Waals surface area contributed by atoms with E-state index < -0.39 is 76.5 Å². The van der Waals surface area contributed by atoms with Crippen molar-refractivity contribution >= 4 is 54.1 Å². The van der Waals surface area contributed by atoms with E-state index in [0.29, 0.717) is 24.9 Å². The molecule has 0 aromatic heterocycles. The number of phenols is 1. The van der Waals surface area contributed by atoms with E-state index in [0.717, 1.165) is 0 Å². The van der Waals surface area contributed by atoms with Crippen molar-refractivity contribution in [1.82, 2.24) is 26.6 Å². The molecule has 0 aliphatic rings. The average molecular weight is 797 g/mol. The summed E-state index contributed by atoms with van der Waals surface area (Å²) in [5.74, 6) is -5.34. The lowest BCUT2D eigenvalue weighted by atomic mass is 9.99. The third kappa shape index (κ3) is 18.5. The number of benzene rings is 1. The van der Waals surface area contributed by atoms with Gasteiger partial charge in [0.1, 0.15) is 36.0 Å². The molecule has 5 amide bonds. The first-order chi connectivity index (χ1) is 25.8. The molecular weight excluding hydrogens is 737 g/mol. The number of hydrogen-bond donors (Lipinski definition) is 14. The summed E-state index contributed by atoms with van der Waals surface area (Å²) in [6.45, 7) is 3.64.